The van der Waals surface area contributed by atoms with E-state index in [0.29, 0.717) is 21.4 Å². The topological polar surface area (TPSA) is 64.0 Å². The van der Waals surface area contributed by atoms with Gasteiger partial charge in [0.25, 0.3) is 5.56 Å². The number of rotatable bonds is 5. The highest BCUT2D eigenvalue weighted by atomic mass is 32.2. The fourth-order valence-corrected chi connectivity index (χ4v) is 5.23. The minimum absolute atomic E-state index is 0.00378. The van der Waals surface area contributed by atoms with E-state index in [1.165, 1.54) is 35.9 Å². The molecule has 7 heteroatoms. The van der Waals surface area contributed by atoms with E-state index in [-0.39, 0.29) is 17.2 Å². The highest BCUT2D eigenvalue weighted by Crippen LogP contribution is 2.26. The van der Waals surface area contributed by atoms with Gasteiger partial charge in [0.1, 0.15) is 4.70 Å². The lowest BCUT2D eigenvalue weighted by Gasteiger charge is -2.16. The molecular formula is C21H23N3O2S2. The molecule has 0 aliphatic heterocycles. The minimum Gasteiger partial charge on any atom is -0.353 e. The number of thioether (sulfide) groups is 1. The van der Waals surface area contributed by atoms with Gasteiger partial charge in [-0.1, -0.05) is 36.7 Å². The second kappa shape index (κ2) is 8.09. The lowest BCUT2D eigenvalue weighted by molar-refractivity contribution is -0.119. The Morgan fingerprint density at radius 3 is 2.86 bits per heavy atom. The Hall–Kier alpha value is -2.12. The fourth-order valence-electron chi connectivity index (χ4n) is 3.65. The van der Waals surface area contributed by atoms with Crippen LogP contribution in [0.1, 0.15) is 36.8 Å². The van der Waals surface area contributed by atoms with E-state index >= 15 is 0 Å². The SMILES string of the molecule is Cc1cccc(-n2c(SCC(=O)NC3CCCC3)nc3ccsc3c2=O)c1C. The molecule has 1 amide bonds. The van der Waals surface area contributed by atoms with Crippen LogP contribution in [0.4, 0.5) is 0 Å². The van der Waals surface area contributed by atoms with Gasteiger partial charge in [-0.3, -0.25) is 14.2 Å². The molecule has 3 aromatic rings. The van der Waals surface area contributed by atoms with Crippen LogP contribution in [0.5, 0.6) is 0 Å². The molecule has 1 aliphatic rings. The monoisotopic (exact) mass is 413 g/mol. The highest BCUT2D eigenvalue weighted by Gasteiger charge is 2.20. The van der Waals surface area contributed by atoms with Crippen molar-refractivity contribution in [2.24, 2.45) is 0 Å². The first-order valence-electron chi connectivity index (χ1n) is 9.53. The van der Waals surface area contributed by atoms with Crippen LogP contribution in [0.2, 0.25) is 0 Å². The molecule has 0 unspecified atom stereocenters. The third-order valence-corrected chi connectivity index (χ3v) is 7.15. The van der Waals surface area contributed by atoms with Gasteiger partial charge in [0, 0.05) is 6.04 Å². The number of carbonyl (C=O) groups excluding carboxylic acids is 1. The predicted molar refractivity (Wildman–Crippen MR) is 116 cm³/mol. The second-order valence-electron chi connectivity index (χ2n) is 7.23. The van der Waals surface area contributed by atoms with Crippen LogP contribution in [-0.2, 0) is 4.79 Å². The van der Waals surface area contributed by atoms with E-state index in [0.717, 1.165) is 29.7 Å². The maximum absolute atomic E-state index is 13.2. The standard InChI is InChI=1S/C21H23N3O2S2/c1-13-6-5-9-17(14(13)2)24-20(26)19-16(10-11-27-19)23-21(24)28-12-18(25)22-15-7-3-4-8-15/h5-6,9-11,15H,3-4,7-8,12H2,1-2H3,(H,22,25). The number of aryl methyl sites for hydroxylation is 1. The highest BCUT2D eigenvalue weighted by molar-refractivity contribution is 7.99. The molecule has 0 radical (unpaired) electrons. The van der Waals surface area contributed by atoms with Crippen LogP contribution >= 0.6 is 23.1 Å². The maximum Gasteiger partial charge on any atom is 0.276 e. The molecule has 1 aliphatic carbocycles. The summed E-state index contributed by atoms with van der Waals surface area (Å²) in [5.41, 5.74) is 3.60. The Balaban J connectivity index is 1.69. The Morgan fingerprint density at radius 2 is 2.07 bits per heavy atom. The smallest absolute Gasteiger partial charge is 0.276 e. The minimum atomic E-state index is -0.0765. The molecule has 0 bridgehead atoms. The second-order valence-corrected chi connectivity index (χ2v) is 9.09. The number of carbonyl (C=O) groups is 1. The van der Waals surface area contributed by atoms with Crippen LogP contribution in [0.15, 0.2) is 39.6 Å². The van der Waals surface area contributed by atoms with Crippen molar-refractivity contribution in [3.63, 3.8) is 0 Å². The first-order valence-corrected chi connectivity index (χ1v) is 11.4. The van der Waals surface area contributed by atoms with Gasteiger partial charge in [-0.25, -0.2) is 4.98 Å². The summed E-state index contributed by atoms with van der Waals surface area (Å²) >= 11 is 2.73. The van der Waals surface area contributed by atoms with E-state index in [4.69, 9.17) is 4.98 Å². The van der Waals surface area contributed by atoms with Gasteiger partial charge in [-0.15, -0.1) is 11.3 Å². The molecule has 5 nitrogen and oxygen atoms in total. The van der Waals surface area contributed by atoms with Crippen molar-refractivity contribution < 1.29 is 4.79 Å². The molecule has 2 heterocycles. The van der Waals surface area contributed by atoms with Crippen LogP contribution in [0.3, 0.4) is 0 Å². The Labute approximate surface area is 172 Å². The van der Waals surface area contributed by atoms with Gasteiger partial charge in [0.05, 0.1) is 17.0 Å². The summed E-state index contributed by atoms with van der Waals surface area (Å²) in [6.45, 7) is 4.04. The van der Waals surface area contributed by atoms with Crippen molar-refractivity contribution >= 4 is 39.2 Å². The normalized spacial score (nSPS) is 14.6. The number of amides is 1. The largest absolute Gasteiger partial charge is 0.353 e. The molecule has 1 saturated carbocycles. The van der Waals surface area contributed by atoms with E-state index < -0.39 is 0 Å². The molecule has 1 fully saturated rings. The first-order chi connectivity index (χ1) is 13.5. The molecule has 0 saturated heterocycles. The van der Waals surface area contributed by atoms with E-state index in [1.807, 2.05) is 43.5 Å². The summed E-state index contributed by atoms with van der Waals surface area (Å²) in [7, 11) is 0. The van der Waals surface area contributed by atoms with Crippen LogP contribution in [0, 0.1) is 13.8 Å². The lowest BCUT2D eigenvalue weighted by Crippen LogP contribution is -2.34. The Kier molecular flexibility index (Phi) is 5.55. The lowest BCUT2D eigenvalue weighted by atomic mass is 10.1. The molecule has 1 aromatic carbocycles. The van der Waals surface area contributed by atoms with Crippen LogP contribution in [0.25, 0.3) is 15.9 Å². The zero-order chi connectivity index (χ0) is 19.7. The van der Waals surface area contributed by atoms with Gasteiger partial charge in [0.15, 0.2) is 5.16 Å². The Bertz CT molecular complexity index is 1080. The number of benzene rings is 1. The zero-order valence-electron chi connectivity index (χ0n) is 16.0. The van der Waals surface area contributed by atoms with E-state index in [2.05, 4.69) is 5.32 Å². The summed E-state index contributed by atoms with van der Waals surface area (Å²) < 4.78 is 2.30. The number of nitrogens with zero attached hydrogens (tertiary/aromatic N) is 2. The van der Waals surface area contributed by atoms with Crippen molar-refractivity contribution in [1.29, 1.82) is 0 Å². The Morgan fingerprint density at radius 1 is 1.29 bits per heavy atom. The number of aromatic nitrogens is 2. The molecule has 146 valence electrons. The molecule has 28 heavy (non-hydrogen) atoms. The summed E-state index contributed by atoms with van der Waals surface area (Å²) in [4.78, 5) is 30.3. The van der Waals surface area contributed by atoms with Crippen LogP contribution in [-0.4, -0.2) is 27.3 Å². The quantitative estimate of drug-likeness (QED) is 0.503. The number of thiophene rings is 1. The third-order valence-electron chi connectivity index (χ3n) is 5.32. The molecule has 0 atom stereocenters. The fraction of sp³-hybridized carbons (Fsp3) is 0.381. The average Bonchev–Trinajstić information content (AvgIpc) is 3.35. The summed E-state index contributed by atoms with van der Waals surface area (Å²) in [5.74, 6) is 0.257. The number of nitrogens with one attached hydrogen (secondary N) is 1. The van der Waals surface area contributed by atoms with Crippen molar-refractivity contribution in [2.75, 3.05) is 5.75 Å². The van der Waals surface area contributed by atoms with Gasteiger partial charge >= 0.3 is 0 Å². The first kappa shape index (κ1) is 19.2. The third kappa shape index (κ3) is 3.73. The van der Waals surface area contributed by atoms with Gasteiger partial charge < -0.3 is 5.32 Å². The van der Waals surface area contributed by atoms with Crippen molar-refractivity contribution in [3.8, 4) is 5.69 Å². The van der Waals surface area contributed by atoms with E-state index in [9.17, 15) is 9.59 Å². The van der Waals surface area contributed by atoms with Gasteiger partial charge in [-0.2, -0.15) is 0 Å². The molecule has 4 rings (SSSR count). The average molecular weight is 414 g/mol. The van der Waals surface area contributed by atoms with Gasteiger partial charge in [-0.05, 0) is 55.3 Å². The van der Waals surface area contributed by atoms with Gasteiger partial charge in [0.2, 0.25) is 5.91 Å². The molecule has 0 spiro atoms. The summed E-state index contributed by atoms with van der Waals surface area (Å²) in [6, 6.07) is 8.07. The molecular weight excluding hydrogens is 390 g/mol. The van der Waals surface area contributed by atoms with Crippen molar-refractivity contribution in [2.45, 2.75) is 50.7 Å². The summed E-state index contributed by atoms with van der Waals surface area (Å²) in [5, 5.41) is 5.55. The summed E-state index contributed by atoms with van der Waals surface area (Å²) in [6.07, 6.45) is 4.48. The number of hydrogen-bond acceptors (Lipinski definition) is 5. The van der Waals surface area contributed by atoms with Crippen molar-refractivity contribution in [1.82, 2.24) is 14.9 Å². The predicted octanol–water partition coefficient (Wildman–Crippen LogP) is 4.21. The van der Waals surface area contributed by atoms with Crippen molar-refractivity contribution in [3.05, 3.63) is 51.1 Å². The number of fused-ring (bicyclic) bond motifs is 1. The zero-order valence-corrected chi connectivity index (χ0v) is 17.7. The van der Waals surface area contributed by atoms with Crippen LogP contribution < -0.4 is 10.9 Å². The molecule has 1 N–H and O–H groups in total. The maximum atomic E-state index is 13.2. The number of hydrogen-bond donors (Lipinski definition) is 1. The van der Waals surface area contributed by atoms with E-state index in [1.54, 1.807) is 4.57 Å². The molecule has 2 aromatic heterocycles.